The Hall–Kier alpha value is -2.29. The van der Waals surface area contributed by atoms with Gasteiger partial charge < -0.3 is 15.0 Å². The number of benzene rings is 2. The lowest BCUT2D eigenvalue weighted by atomic mass is 9.88. The fraction of sp³-hybridized carbons (Fsp3) is 0.440. The first-order valence-corrected chi connectivity index (χ1v) is 11.8. The van der Waals surface area contributed by atoms with Crippen molar-refractivity contribution in [1.29, 1.82) is 0 Å². The molecule has 0 fully saturated rings. The van der Waals surface area contributed by atoms with Gasteiger partial charge in [-0.25, -0.2) is 0 Å². The Morgan fingerprint density at radius 3 is 2.71 bits per heavy atom. The molecule has 0 aliphatic carbocycles. The zero-order valence-corrected chi connectivity index (χ0v) is 19.6. The zero-order valence-electron chi connectivity index (χ0n) is 18.9. The van der Waals surface area contributed by atoms with Gasteiger partial charge >= 0.3 is 6.18 Å². The normalized spacial score (nSPS) is 18.9. The van der Waals surface area contributed by atoms with Gasteiger partial charge in [-0.15, -0.1) is 0 Å². The smallest absolute Gasteiger partial charge is 0.401 e. The third kappa shape index (κ3) is 5.34. The SMILES string of the molecule is C[C@@H]1Cc2c([nH]c3ccccc23)C(c2cccc(OCCNCCCF)c2Cl)N1CC(F)(F)F. The van der Waals surface area contributed by atoms with Crippen molar-refractivity contribution in [2.75, 3.05) is 32.9 Å². The van der Waals surface area contributed by atoms with Crippen molar-refractivity contribution >= 4 is 22.5 Å². The van der Waals surface area contributed by atoms with Gasteiger partial charge in [-0.1, -0.05) is 41.9 Å². The van der Waals surface area contributed by atoms with Gasteiger partial charge in [0.1, 0.15) is 12.4 Å². The maximum atomic E-state index is 13.6. The molecule has 2 heterocycles. The Kier molecular flexibility index (Phi) is 7.70. The molecule has 9 heteroatoms. The van der Waals surface area contributed by atoms with E-state index >= 15 is 0 Å². The van der Waals surface area contributed by atoms with Gasteiger partial charge in [0.25, 0.3) is 0 Å². The summed E-state index contributed by atoms with van der Waals surface area (Å²) in [5.74, 6) is 0.411. The fourth-order valence-corrected chi connectivity index (χ4v) is 4.98. The molecule has 2 aromatic carbocycles. The first kappa shape index (κ1) is 24.8. The molecule has 1 aliphatic heterocycles. The second kappa shape index (κ2) is 10.5. The Morgan fingerprint density at radius 2 is 1.94 bits per heavy atom. The average Bonchev–Trinajstić information content (AvgIpc) is 3.15. The van der Waals surface area contributed by atoms with Crippen molar-refractivity contribution in [3.8, 4) is 5.75 Å². The van der Waals surface area contributed by atoms with Crippen LogP contribution in [0.4, 0.5) is 17.6 Å². The third-order valence-electron chi connectivity index (χ3n) is 6.19. The molecule has 0 saturated carbocycles. The summed E-state index contributed by atoms with van der Waals surface area (Å²) >= 11 is 6.74. The fourth-order valence-electron chi connectivity index (χ4n) is 4.70. The van der Waals surface area contributed by atoms with E-state index in [9.17, 15) is 17.6 Å². The van der Waals surface area contributed by atoms with E-state index in [-0.39, 0.29) is 12.7 Å². The van der Waals surface area contributed by atoms with E-state index in [4.69, 9.17) is 16.3 Å². The minimum absolute atomic E-state index is 0.294. The van der Waals surface area contributed by atoms with Gasteiger partial charge in [0.2, 0.25) is 0 Å². The summed E-state index contributed by atoms with van der Waals surface area (Å²) < 4.78 is 58.9. The second-order valence-electron chi connectivity index (χ2n) is 8.61. The molecule has 1 aromatic heterocycles. The van der Waals surface area contributed by atoms with Crippen LogP contribution in [0.25, 0.3) is 10.9 Å². The number of ether oxygens (including phenoxy) is 1. The Morgan fingerprint density at radius 1 is 1.15 bits per heavy atom. The van der Waals surface area contributed by atoms with E-state index in [0.717, 1.165) is 22.2 Å². The Labute approximate surface area is 201 Å². The van der Waals surface area contributed by atoms with Crippen LogP contribution in [0.15, 0.2) is 42.5 Å². The van der Waals surface area contributed by atoms with Crippen molar-refractivity contribution in [3.05, 3.63) is 64.3 Å². The lowest BCUT2D eigenvalue weighted by Gasteiger charge is -2.41. The number of alkyl halides is 4. The number of nitrogens with one attached hydrogen (secondary N) is 2. The van der Waals surface area contributed by atoms with Crippen molar-refractivity contribution in [2.45, 2.75) is 38.0 Å². The average molecular weight is 498 g/mol. The number of para-hydroxylation sites is 1. The Balaban J connectivity index is 1.70. The molecule has 4 nitrogen and oxygen atoms in total. The van der Waals surface area contributed by atoms with Crippen LogP contribution in [0.5, 0.6) is 5.75 Å². The molecule has 0 spiro atoms. The number of hydrogen-bond acceptors (Lipinski definition) is 3. The maximum Gasteiger partial charge on any atom is 0.401 e. The molecule has 0 saturated heterocycles. The second-order valence-corrected chi connectivity index (χ2v) is 8.98. The zero-order chi connectivity index (χ0) is 24.3. The summed E-state index contributed by atoms with van der Waals surface area (Å²) in [5.41, 5.74) is 3.20. The van der Waals surface area contributed by atoms with Crippen molar-refractivity contribution in [1.82, 2.24) is 15.2 Å². The van der Waals surface area contributed by atoms with Crippen molar-refractivity contribution < 1.29 is 22.3 Å². The highest BCUT2D eigenvalue weighted by Crippen LogP contribution is 2.45. The van der Waals surface area contributed by atoms with Crippen LogP contribution in [0.1, 0.15) is 36.2 Å². The van der Waals surface area contributed by atoms with Crippen LogP contribution in [0.3, 0.4) is 0 Å². The Bertz CT molecular complexity index is 1120. The summed E-state index contributed by atoms with van der Waals surface area (Å²) in [7, 11) is 0. The molecule has 4 rings (SSSR count). The number of halogens is 5. The van der Waals surface area contributed by atoms with E-state index in [2.05, 4.69) is 10.3 Å². The monoisotopic (exact) mass is 497 g/mol. The highest BCUT2D eigenvalue weighted by molar-refractivity contribution is 6.33. The van der Waals surface area contributed by atoms with E-state index < -0.39 is 18.8 Å². The standard InChI is InChI=1S/C25H28ClF4N3O/c1-16-14-19-17-6-2-3-8-20(17)32-23(19)24(33(16)15-25(28,29)30)18-7-4-9-21(22(18)26)34-13-12-31-11-5-10-27/h2-4,6-9,16,24,31-32H,5,10-15H2,1H3/t16-,24?/m1/s1. The van der Waals surface area contributed by atoms with Gasteiger partial charge in [0.15, 0.2) is 0 Å². The lowest BCUT2D eigenvalue weighted by Crippen LogP contribution is -2.47. The highest BCUT2D eigenvalue weighted by atomic mass is 35.5. The third-order valence-corrected chi connectivity index (χ3v) is 6.60. The molecule has 1 aliphatic rings. The maximum absolute atomic E-state index is 13.6. The molecule has 184 valence electrons. The minimum Gasteiger partial charge on any atom is -0.491 e. The number of hydrogen-bond donors (Lipinski definition) is 2. The van der Waals surface area contributed by atoms with Crippen LogP contribution in [-0.2, 0) is 6.42 Å². The number of aromatic nitrogens is 1. The molecule has 0 bridgehead atoms. The summed E-state index contributed by atoms with van der Waals surface area (Å²) in [5, 5.41) is 4.39. The van der Waals surface area contributed by atoms with Gasteiger partial charge in [0, 0.05) is 29.2 Å². The summed E-state index contributed by atoms with van der Waals surface area (Å²) in [6.45, 7) is 1.75. The van der Waals surface area contributed by atoms with E-state index in [1.807, 2.05) is 31.2 Å². The first-order chi connectivity index (χ1) is 16.3. The topological polar surface area (TPSA) is 40.3 Å². The summed E-state index contributed by atoms with van der Waals surface area (Å²) in [4.78, 5) is 4.83. The lowest BCUT2D eigenvalue weighted by molar-refractivity contribution is -0.155. The van der Waals surface area contributed by atoms with Crippen LogP contribution in [0, 0.1) is 0 Å². The summed E-state index contributed by atoms with van der Waals surface area (Å²) in [6, 6.07) is 11.9. The minimum atomic E-state index is -4.36. The first-order valence-electron chi connectivity index (χ1n) is 11.4. The number of rotatable bonds is 9. The number of nitrogens with zero attached hydrogens (tertiary/aromatic N) is 1. The summed E-state index contributed by atoms with van der Waals surface area (Å²) in [6.07, 6.45) is -3.43. The molecule has 2 atom stereocenters. The van der Waals surface area contributed by atoms with Crippen molar-refractivity contribution in [2.24, 2.45) is 0 Å². The molecule has 34 heavy (non-hydrogen) atoms. The van der Waals surface area contributed by atoms with E-state index in [0.29, 0.717) is 48.9 Å². The number of aromatic amines is 1. The van der Waals surface area contributed by atoms with Gasteiger partial charge in [-0.05, 0) is 49.6 Å². The quantitative estimate of drug-likeness (QED) is 0.279. The number of H-pyrrole nitrogens is 1. The number of fused-ring (bicyclic) bond motifs is 3. The molecule has 0 amide bonds. The van der Waals surface area contributed by atoms with Crippen LogP contribution < -0.4 is 10.1 Å². The molecule has 1 unspecified atom stereocenters. The predicted molar refractivity (Wildman–Crippen MR) is 126 cm³/mol. The highest BCUT2D eigenvalue weighted by Gasteiger charge is 2.42. The molecule has 2 N–H and O–H groups in total. The van der Waals surface area contributed by atoms with Gasteiger partial charge in [-0.2, -0.15) is 13.2 Å². The van der Waals surface area contributed by atoms with Crippen LogP contribution >= 0.6 is 11.6 Å². The molecular formula is C25H28ClF4N3O. The molecular weight excluding hydrogens is 470 g/mol. The largest absolute Gasteiger partial charge is 0.491 e. The molecule has 3 aromatic rings. The molecule has 0 radical (unpaired) electrons. The van der Waals surface area contributed by atoms with Crippen molar-refractivity contribution in [3.63, 3.8) is 0 Å². The van der Waals surface area contributed by atoms with Crippen LogP contribution in [-0.4, -0.2) is 55.0 Å². The van der Waals surface area contributed by atoms with Crippen LogP contribution in [0.2, 0.25) is 5.02 Å². The van der Waals surface area contributed by atoms with Gasteiger partial charge in [-0.3, -0.25) is 9.29 Å². The van der Waals surface area contributed by atoms with Gasteiger partial charge in [0.05, 0.1) is 24.3 Å². The van der Waals surface area contributed by atoms with E-state index in [1.54, 1.807) is 18.2 Å². The van der Waals surface area contributed by atoms with E-state index in [1.165, 1.54) is 4.90 Å². The predicted octanol–water partition coefficient (Wildman–Crippen LogP) is 6.05.